The molecule has 0 bridgehead atoms. The van der Waals surface area contributed by atoms with Gasteiger partial charge in [-0.3, -0.25) is 9.59 Å². The molecule has 0 aliphatic carbocycles. The molecule has 8 heteroatoms. The fraction of sp³-hybridized carbons (Fsp3) is 0.667. The summed E-state index contributed by atoms with van der Waals surface area (Å²) in [5.74, 6) is -1.53. The standard InChI is InChI=1S/C45H75NO7/c1-6-8-10-12-14-16-18-20-21-22-23-24-26-27-29-31-33-35-43(47)52-40-41(39-51-38-37-42(45(49)50)46(3,4)5)53-44(48)36-34-32-30-28-25-19-17-15-13-11-9-7-2/h8,10,12,14,16,18,20-24,26,41-42H,6-7,9,11,13,15,17,19,25,27-40H2,1-5H3/p+1/b10-8+,14-12+,18-16+,21-20+,23-22+,26-24+. The largest absolute Gasteiger partial charge is 0.477 e. The van der Waals surface area contributed by atoms with Gasteiger partial charge < -0.3 is 23.8 Å². The van der Waals surface area contributed by atoms with E-state index in [0.29, 0.717) is 19.3 Å². The van der Waals surface area contributed by atoms with Crippen molar-refractivity contribution in [2.45, 2.75) is 154 Å². The average molecular weight is 743 g/mol. The molecule has 1 N–H and O–H groups in total. The van der Waals surface area contributed by atoms with Crippen LogP contribution < -0.4 is 0 Å². The first-order valence-electron chi connectivity index (χ1n) is 20.6. The second-order valence-electron chi connectivity index (χ2n) is 14.7. The number of nitrogens with zero attached hydrogens (tertiary/aromatic N) is 1. The van der Waals surface area contributed by atoms with Gasteiger partial charge in [-0.25, -0.2) is 4.79 Å². The number of unbranched alkanes of at least 4 members (excludes halogenated alkanes) is 14. The highest BCUT2D eigenvalue weighted by Gasteiger charge is 2.31. The zero-order chi connectivity index (χ0) is 39.3. The number of hydrogen-bond donors (Lipinski definition) is 1. The van der Waals surface area contributed by atoms with Crippen LogP contribution in [0.15, 0.2) is 72.9 Å². The van der Waals surface area contributed by atoms with Crippen LogP contribution in [0, 0.1) is 0 Å². The van der Waals surface area contributed by atoms with Crippen molar-refractivity contribution in [3.05, 3.63) is 72.9 Å². The lowest BCUT2D eigenvalue weighted by molar-refractivity contribution is -0.887. The van der Waals surface area contributed by atoms with E-state index in [1.54, 1.807) is 0 Å². The number of rotatable bonds is 35. The molecule has 0 saturated heterocycles. The Morgan fingerprint density at radius 2 is 1.06 bits per heavy atom. The van der Waals surface area contributed by atoms with Crippen LogP contribution in [0.25, 0.3) is 0 Å². The van der Waals surface area contributed by atoms with Crippen molar-refractivity contribution < 1.29 is 38.2 Å². The van der Waals surface area contributed by atoms with E-state index >= 15 is 0 Å². The molecule has 0 spiro atoms. The Bertz CT molecular complexity index is 1100. The van der Waals surface area contributed by atoms with E-state index < -0.39 is 18.1 Å². The van der Waals surface area contributed by atoms with Gasteiger partial charge in [0.2, 0.25) is 0 Å². The second-order valence-corrected chi connectivity index (χ2v) is 14.7. The van der Waals surface area contributed by atoms with Crippen molar-refractivity contribution in [2.75, 3.05) is 41.0 Å². The van der Waals surface area contributed by atoms with Gasteiger partial charge in [-0.1, -0.05) is 164 Å². The Labute approximate surface area is 323 Å². The molecule has 0 aromatic rings. The highest BCUT2D eigenvalue weighted by molar-refractivity contribution is 5.72. The van der Waals surface area contributed by atoms with Crippen LogP contribution >= 0.6 is 0 Å². The lowest BCUT2D eigenvalue weighted by Crippen LogP contribution is -2.50. The van der Waals surface area contributed by atoms with Crippen LogP contribution in [0.3, 0.4) is 0 Å². The Morgan fingerprint density at radius 3 is 1.57 bits per heavy atom. The van der Waals surface area contributed by atoms with Gasteiger partial charge in [0.15, 0.2) is 12.1 Å². The molecule has 0 heterocycles. The number of carboxylic acid groups (broad SMARTS) is 1. The van der Waals surface area contributed by atoms with Gasteiger partial charge >= 0.3 is 17.9 Å². The maximum absolute atomic E-state index is 12.7. The van der Waals surface area contributed by atoms with Crippen LogP contribution in [0.4, 0.5) is 0 Å². The number of likely N-dealkylation sites (N-methyl/N-ethyl adjacent to an activating group) is 1. The number of hydrogen-bond acceptors (Lipinski definition) is 6. The van der Waals surface area contributed by atoms with Crippen molar-refractivity contribution >= 4 is 17.9 Å². The second kappa shape index (κ2) is 35.8. The number of carbonyl (C=O) groups excluding carboxylic acids is 2. The minimum Gasteiger partial charge on any atom is -0.477 e. The summed E-state index contributed by atoms with van der Waals surface area (Å²) in [6.07, 6.45) is 43.7. The third-order valence-electron chi connectivity index (χ3n) is 8.78. The first-order valence-corrected chi connectivity index (χ1v) is 20.6. The van der Waals surface area contributed by atoms with Gasteiger partial charge in [0, 0.05) is 19.3 Å². The van der Waals surface area contributed by atoms with Crippen molar-refractivity contribution in [1.82, 2.24) is 0 Å². The fourth-order valence-electron chi connectivity index (χ4n) is 5.59. The summed E-state index contributed by atoms with van der Waals surface area (Å²) >= 11 is 0. The number of esters is 2. The van der Waals surface area contributed by atoms with E-state index in [1.807, 2.05) is 81.9 Å². The normalized spacial score (nSPS) is 13.8. The van der Waals surface area contributed by atoms with E-state index in [1.165, 1.54) is 57.8 Å². The third-order valence-corrected chi connectivity index (χ3v) is 8.78. The van der Waals surface area contributed by atoms with E-state index in [2.05, 4.69) is 26.0 Å². The fourth-order valence-corrected chi connectivity index (χ4v) is 5.59. The monoisotopic (exact) mass is 743 g/mol. The highest BCUT2D eigenvalue weighted by Crippen LogP contribution is 2.14. The van der Waals surface area contributed by atoms with Crippen LogP contribution in [0.2, 0.25) is 0 Å². The smallest absolute Gasteiger partial charge is 0.362 e. The Balaban J connectivity index is 4.49. The van der Waals surface area contributed by atoms with E-state index in [-0.39, 0.29) is 36.2 Å². The number of carbonyl (C=O) groups is 3. The molecule has 0 rings (SSSR count). The highest BCUT2D eigenvalue weighted by atomic mass is 16.6. The van der Waals surface area contributed by atoms with Crippen LogP contribution in [0.5, 0.6) is 0 Å². The maximum atomic E-state index is 12.7. The number of allylic oxidation sites excluding steroid dienone is 12. The first kappa shape index (κ1) is 49.8. The third kappa shape index (κ3) is 34.3. The molecule has 0 aliphatic heterocycles. The molecule has 0 aromatic carbocycles. The van der Waals surface area contributed by atoms with Crippen LogP contribution in [-0.4, -0.2) is 80.6 Å². The molecule has 2 unspecified atom stereocenters. The molecule has 53 heavy (non-hydrogen) atoms. The summed E-state index contributed by atoms with van der Waals surface area (Å²) in [5, 5.41) is 9.60. The molecule has 0 saturated carbocycles. The Kier molecular flexibility index (Phi) is 33.6. The van der Waals surface area contributed by atoms with Gasteiger partial charge in [-0.05, 0) is 32.1 Å². The minimum atomic E-state index is -0.885. The van der Waals surface area contributed by atoms with Gasteiger partial charge in [-0.15, -0.1) is 0 Å². The molecule has 0 amide bonds. The summed E-state index contributed by atoms with van der Waals surface area (Å²) in [5.41, 5.74) is 0. The summed E-state index contributed by atoms with van der Waals surface area (Å²) < 4.78 is 17.2. The quantitative estimate of drug-likeness (QED) is 0.0299. The van der Waals surface area contributed by atoms with Crippen molar-refractivity contribution in [2.24, 2.45) is 0 Å². The van der Waals surface area contributed by atoms with Crippen LogP contribution in [-0.2, 0) is 28.6 Å². The van der Waals surface area contributed by atoms with Gasteiger partial charge in [0.25, 0.3) is 0 Å². The van der Waals surface area contributed by atoms with Crippen molar-refractivity contribution in [1.29, 1.82) is 0 Å². The number of quaternary nitrogens is 1. The predicted molar refractivity (Wildman–Crippen MR) is 220 cm³/mol. The Hall–Kier alpha value is -3.23. The summed E-state index contributed by atoms with van der Waals surface area (Å²) in [7, 11) is 5.50. The number of aliphatic carboxylic acids is 1. The molecule has 0 aromatic heterocycles. The molecule has 0 aliphatic rings. The van der Waals surface area contributed by atoms with E-state index in [0.717, 1.165) is 51.4 Å². The van der Waals surface area contributed by atoms with Crippen molar-refractivity contribution in [3.63, 3.8) is 0 Å². The number of ether oxygens (including phenoxy) is 3. The lowest BCUT2D eigenvalue weighted by Gasteiger charge is -2.31. The summed E-state index contributed by atoms with van der Waals surface area (Å²) in [6, 6.07) is -0.623. The first-order chi connectivity index (χ1) is 25.6. The van der Waals surface area contributed by atoms with Gasteiger partial charge in [-0.2, -0.15) is 0 Å². The lowest BCUT2D eigenvalue weighted by atomic mass is 10.0. The average Bonchev–Trinajstić information content (AvgIpc) is 3.11. The molecule has 8 nitrogen and oxygen atoms in total. The topological polar surface area (TPSA) is 99.1 Å². The summed E-state index contributed by atoms with van der Waals surface area (Å²) in [4.78, 5) is 36.9. The summed E-state index contributed by atoms with van der Waals surface area (Å²) in [6.45, 7) is 4.52. The maximum Gasteiger partial charge on any atom is 0.362 e. The number of carboxylic acids is 1. The van der Waals surface area contributed by atoms with Gasteiger partial charge in [0.1, 0.15) is 6.61 Å². The van der Waals surface area contributed by atoms with E-state index in [4.69, 9.17) is 14.2 Å². The molecule has 0 fully saturated rings. The Morgan fingerprint density at radius 1 is 0.585 bits per heavy atom. The zero-order valence-corrected chi connectivity index (χ0v) is 34.2. The zero-order valence-electron chi connectivity index (χ0n) is 34.2. The van der Waals surface area contributed by atoms with E-state index in [9.17, 15) is 19.5 Å². The molecule has 0 radical (unpaired) electrons. The predicted octanol–water partition coefficient (Wildman–Crippen LogP) is 10.8. The van der Waals surface area contributed by atoms with Crippen molar-refractivity contribution in [3.8, 4) is 0 Å². The van der Waals surface area contributed by atoms with Crippen LogP contribution in [0.1, 0.15) is 142 Å². The van der Waals surface area contributed by atoms with Gasteiger partial charge in [0.05, 0.1) is 34.4 Å². The molecule has 302 valence electrons. The minimum absolute atomic E-state index is 0.0442. The SMILES string of the molecule is CC/C=C/C=C/C=C/C=C/C=C/C=C/CCCCCC(=O)OCC(COCCC(C(=O)O)[N+](C)(C)C)OC(=O)CCCCCCCCCCCCCC. The molecular formula is C45H76NO7+. The molecular weight excluding hydrogens is 666 g/mol. The molecule has 2 atom stereocenters.